The largest absolute Gasteiger partial charge is 1.00 e. The van der Waals surface area contributed by atoms with Gasteiger partial charge in [0.1, 0.15) is 0 Å². The Morgan fingerprint density at radius 2 is 1.38 bits per heavy atom. The predicted octanol–water partition coefficient (Wildman–Crippen LogP) is 3.10. The van der Waals surface area contributed by atoms with E-state index in [0.717, 1.165) is 6.54 Å². The molecule has 24 heavy (non-hydrogen) atoms. The number of nitrogens with zero attached hydrogens (tertiary/aromatic N) is 2. The van der Waals surface area contributed by atoms with Crippen molar-refractivity contribution in [2.75, 3.05) is 26.2 Å². The molecule has 1 atom stereocenters. The van der Waals surface area contributed by atoms with Crippen molar-refractivity contribution in [3.63, 3.8) is 0 Å². The normalized spacial score (nSPS) is 23.8. The third-order valence-corrected chi connectivity index (χ3v) is 6.01. The lowest BCUT2D eigenvalue weighted by Gasteiger charge is -2.40. The van der Waals surface area contributed by atoms with Gasteiger partial charge in [-0.25, -0.2) is 4.99 Å². The molecule has 142 valence electrons. The van der Waals surface area contributed by atoms with E-state index in [2.05, 4.69) is 6.92 Å². The zero-order chi connectivity index (χ0) is 16.2. The van der Waals surface area contributed by atoms with E-state index in [0.29, 0.717) is 0 Å². The second-order valence-corrected chi connectivity index (χ2v) is 7.96. The third kappa shape index (κ3) is 7.44. The fourth-order valence-corrected chi connectivity index (χ4v) is 4.55. The van der Waals surface area contributed by atoms with Crippen LogP contribution in [0.15, 0.2) is 4.99 Å². The minimum atomic E-state index is 0. The molecular weight excluding hydrogens is 316 g/mol. The molecule has 2 rings (SSSR count). The number of halogens is 1. The quantitative estimate of drug-likeness (QED) is 0.398. The summed E-state index contributed by atoms with van der Waals surface area (Å²) in [5, 5.41) is 0. The van der Waals surface area contributed by atoms with Crippen LogP contribution in [0.1, 0.15) is 103 Å². The van der Waals surface area contributed by atoms with Gasteiger partial charge in [-0.3, -0.25) is 4.48 Å². The summed E-state index contributed by atoms with van der Waals surface area (Å²) in [7, 11) is 0. The summed E-state index contributed by atoms with van der Waals surface area (Å²) in [6.07, 6.45) is 21.3. The third-order valence-electron chi connectivity index (χ3n) is 6.01. The molecule has 0 amide bonds. The van der Waals surface area contributed by atoms with E-state index in [4.69, 9.17) is 4.99 Å². The molecule has 0 bridgehead atoms. The number of fused-ring (bicyclic) bond motifs is 1. The summed E-state index contributed by atoms with van der Waals surface area (Å²) in [6, 6.07) is 0. The molecule has 1 fully saturated rings. The van der Waals surface area contributed by atoms with E-state index < -0.39 is 0 Å². The minimum absolute atomic E-state index is 0. The summed E-state index contributed by atoms with van der Waals surface area (Å²) in [5.74, 6) is 1.57. The Morgan fingerprint density at radius 1 is 0.750 bits per heavy atom. The van der Waals surface area contributed by atoms with Crippen LogP contribution >= 0.6 is 0 Å². The van der Waals surface area contributed by atoms with Crippen molar-refractivity contribution in [3.8, 4) is 0 Å². The van der Waals surface area contributed by atoms with Gasteiger partial charge in [-0.1, -0.05) is 58.3 Å². The predicted molar refractivity (Wildman–Crippen MR) is 102 cm³/mol. The molecule has 0 aliphatic carbocycles. The van der Waals surface area contributed by atoms with Crippen molar-refractivity contribution in [1.82, 2.24) is 0 Å². The van der Waals surface area contributed by atoms with Gasteiger partial charge in [-0.2, -0.15) is 0 Å². The number of aliphatic imine (C=N–C) groups is 1. The first-order chi connectivity index (χ1) is 11.4. The van der Waals surface area contributed by atoms with Gasteiger partial charge in [0.25, 0.3) is 0 Å². The van der Waals surface area contributed by atoms with Gasteiger partial charge in [0.05, 0.1) is 19.6 Å². The molecule has 1 saturated heterocycles. The number of amidine groups is 1. The molecule has 0 saturated carbocycles. The van der Waals surface area contributed by atoms with Crippen LogP contribution in [0, 0.1) is 0 Å². The minimum Gasteiger partial charge on any atom is -1.00 e. The van der Waals surface area contributed by atoms with Crippen LogP contribution in [0.25, 0.3) is 0 Å². The van der Waals surface area contributed by atoms with E-state index in [9.17, 15) is 0 Å². The lowest BCUT2D eigenvalue weighted by Crippen LogP contribution is -3.00. The maximum atomic E-state index is 4.94. The highest BCUT2D eigenvalue weighted by Crippen LogP contribution is 2.26. The fraction of sp³-hybridized carbons (Fsp3) is 0.952. The van der Waals surface area contributed by atoms with Crippen LogP contribution in [0.5, 0.6) is 0 Å². The van der Waals surface area contributed by atoms with Gasteiger partial charge < -0.3 is 12.4 Å². The molecule has 2 heterocycles. The molecule has 0 aromatic heterocycles. The highest BCUT2D eigenvalue weighted by Gasteiger charge is 2.36. The number of quaternary nitrogens is 1. The molecular formula is C21H41ClN2. The van der Waals surface area contributed by atoms with Crippen LogP contribution in [-0.4, -0.2) is 36.5 Å². The first kappa shape index (κ1) is 22.0. The van der Waals surface area contributed by atoms with Crippen LogP contribution in [0.3, 0.4) is 0 Å². The molecule has 0 aromatic rings. The summed E-state index contributed by atoms with van der Waals surface area (Å²) in [6.45, 7) is 7.56. The van der Waals surface area contributed by atoms with E-state index in [1.165, 1.54) is 120 Å². The first-order valence-electron chi connectivity index (χ1n) is 10.8. The monoisotopic (exact) mass is 356 g/mol. The smallest absolute Gasteiger partial charge is 0.198 e. The van der Waals surface area contributed by atoms with Gasteiger partial charge >= 0.3 is 0 Å². The molecule has 0 N–H and O–H groups in total. The highest BCUT2D eigenvalue weighted by molar-refractivity contribution is 5.76. The number of rotatable bonds is 11. The lowest BCUT2D eigenvalue weighted by atomic mass is 10.1. The van der Waals surface area contributed by atoms with E-state index in [-0.39, 0.29) is 12.4 Å². The molecule has 2 aliphatic rings. The number of hydrogen-bond donors (Lipinski definition) is 0. The maximum absolute atomic E-state index is 4.94. The van der Waals surface area contributed by atoms with Crippen molar-refractivity contribution in [2.24, 2.45) is 4.99 Å². The Kier molecular flexibility index (Phi) is 12.0. The second-order valence-electron chi connectivity index (χ2n) is 7.96. The fourth-order valence-electron chi connectivity index (χ4n) is 4.55. The van der Waals surface area contributed by atoms with Gasteiger partial charge in [-0.15, -0.1) is 0 Å². The molecule has 0 aromatic carbocycles. The van der Waals surface area contributed by atoms with Crippen molar-refractivity contribution >= 4 is 5.84 Å². The average Bonchev–Trinajstić information content (AvgIpc) is 2.79. The Labute approximate surface area is 157 Å². The molecule has 3 heteroatoms. The zero-order valence-corrected chi connectivity index (χ0v) is 17.0. The van der Waals surface area contributed by atoms with Crippen molar-refractivity contribution in [3.05, 3.63) is 0 Å². The standard InChI is InChI=1S/C21H41N2.ClH/c1-2-3-4-5-6-7-8-9-10-13-18-23-19-14-11-12-16-21(23)22-17-15-20-23;/h2-20H2,1H3;1H/q+1;/p-1. The van der Waals surface area contributed by atoms with Crippen LogP contribution in [0.2, 0.25) is 0 Å². The van der Waals surface area contributed by atoms with Gasteiger partial charge in [0.15, 0.2) is 5.84 Å². The van der Waals surface area contributed by atoms with Crippen LogP contribution in [0.4, 0.5) is 0 Å². The van der Waals surface area contributed by atoms with Crippen molar-refractivity contribution in [1.29, 1.82) is 0 Å². The topological polar surface area (TPSA) is 12.4 Å². The van der Waals surface area contributed by atoms with Gasteiger partial charge in [0, 0.05) is 19.4 Å². The van der Waals surface area contributed by atoms with Gasteiger partial charge in [-0.05, 0) is 32.1 Å². The Morgan fingerprint density at radius 3 is 2.08 bits per heavy atom. The maximum Gasteiger partial charge on any atom is 0.198 e. The van der Waals surface area contributed by atoms with E-state index in [1.54, 1.807) is 5.84 Å². The highest BCUT2D eigenvalue weighted by atomic mass is 35.5. The summed E-state index contributed by atoms with van der Waals surface area (Å²) in [5.41, 5.74) is 0. The molecule has 2 aliphatic heterocycles. The summed E-state index contributed by atoms with van der Waals surface area (Å²) in [4.78, 5) is 4.94. The Hall–Kier alpha value is -0.0800. The van der Waals surface area contributed by atoms with E-state index >= 15 is 0 Å². The summed E-state index contributed by atoms with van der Waals surface area (Å²) >= 11 is 0. The van der Waals surface area contributed by atoms with E-state index in [1.807, 2.05) is 0 Å². The van der Waals surface area contributed by atoms with Gasteiger partial charge in [0.2, 0.25) is 0 Å². The molecule has 0 spiro atoms. The molecule has 0 radical (unpaired) electrons. The molecule has 1 unspecified atom stereocenters. The summed E-state index contributed by atoms with van der Waals surface area (Å²) < 4.78 is 1.29. The Bertz CT molecular complexity index is 343. The lowest BCUT2D eigenvalue weighted by molar-refractivity contribution is -0.845. The molecule has 2 nitrogen and oxygen atoms in total. The number of hydrogen-bond acceptors (Lipinski definition) is 1. The Balaban J connectivity index is 0.00000288. The van der Waals surface area contributed by atoms with Crippen molar-refractivity contribution in [2.45, 2.75) is 103 Å². The second kappa shape index (κ2) is 13.2. The number of unbranched alkanes of at least 4 members (excludes halogenated alkanes) is 9. The first-order valence-corrected chi connectivity index (χ1v) is 10.8. The zero-order valence-electron chi connectivity index (χ0n) is 16.2. The van der Waals surface area contributed by atoms with Crippen molar-refractivity contribution < 1.29 is 16.9 Å². The SMILES string of the molecule is CCCCCCCCCCCC[N+]12CCCCCC1=NCCC2.[Cl-]. The van der Waals surface area contributed by atoms with Crippen LogP contribution < -0.4 is 12.4 Å². The van der Waals surface area contributed by atoms with Crippen LogP contribution in [-0.2, 0) is 0 Å². The average molecular weight is 357 g/mol.